The van der Waals surface area contributed by atoms with Gasteiger partial charge in [0.15, 0.2) is 0 Å². The molecule has 1 amide bonds. The summed E-state index contributed by atoms with van der Waals surface area (Å²) in [5.74, 6) is 0.459. The Labute approximate surface area is 157 Å². The van der Waals surface area contributed by atoms with E-state index in [1.165, 1.54) is 0 Å². The molecular formula is C20H22N4O3. The summed E-state index contributed by atoms with van der Waals surface area (Å²) in [6.45, 7) is 2.52. The second-order valence-corrected chi connectivity index (χ2v) is 7.12. The van der Waals surface area contributed by atoms with Crippen molar-refractivity contribution < 1.29 is 14.4 Å². The quantitative estimate of drug-likeness (QED) is 0.700. The van der Waals surface area contributed by atoms with Crippen LogP contribution < -0.4 is 5.32 Å². The first kappa shape index (κ1) is 17.5. The van der Waals surface area contributed by atoms with Gasteiger partial charge in [-0.05, 0) is 25.7 Å². The summed E-state index contributed by atoms with van der Waals surface area (Å²) >= 11 is 0. The van der Waals surface area contributed by atoms with Crippen molar-refractivity contribution in [2.45, 2.75) is 38.5 Å². The van der Waals surface area contributed by atoms with E-state index in [-0.39, 0.29) is 17.7 Å². The number of nitrogens with one attached hydrogen (secondary N) is 1. The minimum atomic E-state index is -0.505. The Kier molecular flexibility index (Phi) is 4.77. The van der Waals surface area contributed by atoms with Crippen LogP contribution >= 0.6 is 0 Å². The lowest BCUT2D eigenvalue weighted by atomic mass is 9.80. The zero-order valence-corrected chi connectivity index (χ0v) is 15.1. The van der Waals surface area contributed by atoms with E-state index in [4.69, 9.17) is 4.52 Å². The zero-order valence-electron chi connectivity index (χ0n) is 15.1. The highest BCUT2D eigenvalue weighted by Gasteiger charge is 2.31. The van der Waals surface area contributed by atoms with Crippen molar-refractivity contribution >= 4 is 5.91 Å². The van der Waals surface area contributed by atoms with E-state index in [1.807, 2.05) is 41.2 Å². The van der Waals surface area contributed by atoms with E-state index in [0.29, 0.717) is 11.6 Å². The largest absolute Gasteiger partial charge is 0.389 e. The maximum atomic E-state index is 12.3. The molecule has 0 saturated heterocycles. The van der Waals surface area contributed by atoms with Crippen molar-refractivity contribution in [2.24, 2.45) is 5.92 Å². The first-order valence-corrected chi connectivity index (χ1v) is 9.12. The van der Waals surface area contributed by atoms with E-state index in [9.17, 15) is 9.90 Å². The zero-order chi connectivity index (χ0) is 18.8. The topological polar surface area (TPSA) is 93.2 Å². The molecule has 7 heteroatoms. The first-order chi connectivity index (χ1) is 13.1. The van der Waals surface area contributed by atoms with Crippen molar-refractivity contribution in [3.05, 3.63) is 60.1 Å². The molecule has 27 heavy (non-hydrogen) atoms. The highest BCUT2D eigenvalue weighted by Crippen LogP contribution is 2.29. The number of aromatic nitrogens is 3. The van der Waals surface area contributed by atoms with E-state index in [1.54, 1.807) is 19.2 Å². The number of carbonyl (C=O) groups excluding carboxylic acids is 1. The van der Waals surface area contributed by atoms with Crippen LogP contribution in [0, 0.1) is 5.92 Å². The fourth-order valence-corrected chi connectivity index (χ4v) is 3.35. The molecule has 0 bridgehead atoms. The summed E-state index contributed by atoms with van der Waals surface area (Å²) in [5, 5.41) is 20.8. The van der Waals surface area contributed by atoms with Gasteiger partial charge in [0.2, 0.25) is 5.76 Å². The molecule has 140 valence electrons. The molecule has 0 radical (unpaired) electrons. The van der Waals surface area contributed by atoms with E-state index in [2.05, 4.69) is 15.6 Å². The van der Waals surface area contributed by atoms with E-state index in [0.717, 1.165) is 30.5 Å². The van der Waals surface area contributed by atoms with Crippen LogP contribution in [0.4, 0.5) is 0 Å². The van der Waals surface area contributed by atoms with Crippen molar-refractivity contribution in [1.82, 2.24) is 20.3 Å². The van der Waals surface area contributed by atoms with Gasteiger partial charge in [-0.2, -0.15) is 5.10 Å². The lowest BCUT2D eigenvalue weighted by Gasteiger charge is -2.35. The van der Waals surface area contributed by atoms with Gasteiger partial charge in [-0.1, -0.05) is 35.5 Å². The van der Waals surface area contributed by atoms with Crippen LogP contribution in [0.15, 0.2) is 53.3 Å². The average molecular weight is 366 g/mol. The molecule has 3 aromatic rings. The molecule has 1 aromatic carbocycles. The maximum Gasteiger partial charge on any atom is 0.290 e. The molecule has 1 fully saturated rings. The number of amides is 1. The minimum absolute atomic E-state index is 0.138. The summed E-state index contributed by atoms with van der Waals surface area (Å²) < 4.78 is 7.05. The number of aliphatic hydroxyl groups is 1. The number of aliphatic hydroxyl groups excluding tert-OH is 1. The molecule has 1 aliphatic carbocycles. The van der Waals surface area contributed by atoms with Gasteiger partial charge < -0.3 is 14.9 Å². The molecule has 2 heterocycles. The average Bonchev–Trinajstić information content (AvgIpc) is 3.30. The molecule has 4 rings (SSSR count). The lowest BCUT2D eigenvalue weighted by Crippen LogP contribution is -2.45. The van der Waals surface area contributed by atoms with Gasteiger partial charge in [0.25, 0.3) is 5.91 Å². The summed E-state index contributed by atoms with van der Waals surface area (Å²) in [5.41, 5.74) is 2.39. The van der Waals surface area contributed by atoms with Gasteiger partial charge in [0, 0.05) is 36.0 Å². The van der Waals surface area contributed by atoms with Crippen LogP contribution in [0.5, 0.6) is 0 Å². The molecule has 0 spiro atoms. The Balaban J connectivity index is 1.27. The number of hydrogen-bond acceptors (Lipinski definition) is 5. The van der Waals surface area contributed by atoms with Crippen LogP contribution in [0.25, 0.3) is 11.3 Å². The number of carbonyl (C=O) groups is 1. The predicted octanol–water partition coefficient (Wildman–Crippen LogP) is 2.80. The third-order valence-corrected chi connectivity index (χ3v) is 4.96. The summed E-state index contributed by atoms with van der Waals surface area (Å²) in [6.07, 6.45) is 4.85. The van der Waals surface area contributed by atoms with Crippen molar-refractivity contribution in [1.29, 1.82) is 0 Å². The van der Waals surface area contributed by atoms with Gasteiger partial charge in [-0.25, -0.2) is 0 Å². The Morgan fingerprint density at radius 2 is 2.15 bits per heavy atom. The van der Waals surface area contributed by atoms with Crippen LogP contribution in [-0.2, 0) is 6.54 Å². The third kappa shape index (κ3) is 3.93. The number of nitrogens with zero attached hydrogens (tertiary/aromatic N) is 3. The van der Waals surface area contributed by atoms with Crippen molar-refractivity contribution in [3.8, 4) is 11.3 Å². The standard InChI is InChI=1S/C20H22N4O3/c1-13(25)16-10-21-24(12-16)11-14-7-17(8-14)22-20(26)19-9-18(23-27-19)15-5-3-2-4-6-15/h2-6,9-10,12-14,17,25H,7-8,11H2,1H3,(H,22,26)/t13-,14?,17?/m1/s1. The molecule has 1 aliphatic rings. The summed E-state index contributed by atoms with van der Waals surface area (Å²) in [4.78, 5) is 12.3. The Bertz CT molecular complexity index is 910. The molecule has 0 aliphatic heterocycles. The van der Waals surface area contributed by atoms with Crippen molar-refractivity contribution in [3.63, 3.8) is 0 Å². The number of benzene rings is 1. The highest BCUT2D eigenvalue weighted by atomic mass is 16.5. The SMILES string of the molecule is C[C@@H](O)c1cnn(CC2CC(NC(=O)c3cc(-c4ccccc4)no3)C2)c1. The Morgan fingerprint density at radius 1 is 1.37 bits per heavy atom. The van der Waals surface area contributed by atoms with Crippen molar-refractivity contribution in [2.75, 3.05) is 0 Å². The summed E-state index contributed by atoms with van der Waals surface area (Å²) in [6, 6.07) is 11.4. The van der Waals surface area contributed by atoms with Crippen LogP contribution in [0.3, 0.4) is 0 Å². The highest BCUT2D eigenvalue weighted by molar-refractivity contribution is 5.92. The Morgan fingerprint density at radius 3 is 2.85 bits per heavy atom. The summed E-state index contributed by atoms with van der Waals surface area (Å²) in [7, 11) is 0. The molecule has 7 nitrogen and oxygen atoms in total. The minimum Gasteiger partial charge on any atom is -0.389 e. The van der Waals surface area contributed by atoms with Gasteiger partial charge in [0.05, 0.1) is 12.3 Å². The first-order valence-electron chi connectivity index (χ1n) is 9.12. The predicted molar refractivity (Wildman–Crippen MR) is 98.8 cm³/mol. The molecular weight excluding hydrogens is 344 g/mol. The second kappa shape index (κ2) is 7.36. The van der Waals surface area contributed by atoms with Crippen LogP contribution in [-0.4, -0.2) is 32.0 Å². The normalized spacial score (nSPS) is 20.1. The van der Waals surface area contributed by atoms with Gasteiger partial charge >= 0.3 is 0 Å². The molecule has 2 aromatic heterocycles. The fraction of sp³-hybridized carbons (Fsp3) is 0.350. The fourth-order valence-electron chi connectivity index (χ4n) is 3.35. The van der Waals surface area contributed by atoms with Gasteiger partial charge in [-0.3, -0.25) is 9.48 Å². The molecule has 1 atom stereocenters. The lowest BCUT2D eigenvalue weighted by molar-refractivity contribution is 0.0842. The van der Waals surface area contributed by atoms with Gasteiger partial charge in [-0.15, -0.1) is 0 Å². The maximum absolute atomic E-state index is 12.3. The van der Waals surface area contributed by atoms with Crippen LogP contribution in [0.1, 0.15) is 42.0 Å². The van der Waals surface area contributed by atoms with E-state index >= 15 is 0 Å². The Hall–Kier alpha value is -2.93. The smallest absolute Gasteiger partial charge is 0.290 e. The van der Waals surface area contributed by atoms with E-state index < -0.39 is 6.10 Å². The molecule has 1 saturated carbocycles. The third-order valence-electron chi connectivity index (χ3n) is 4.96. The van der Waals surface area contributed by atoms with Gasteiger partial charge in [0.1, 0.15) is 5.69 Å². The molecule has 2 N–H and O–H groups in total. The number of hydrogen-bond donors (Lipinski definition) is 2. The second-order valence-electron chi connectivity index (χ2n) is 7.12. The number of rotatable bonds is 6. The molecule has 0 unspecified atom stereocenters. The monoisotopic (exact) mass is 366 g/mol. The van der Waals surface area contributed by atoms with Crippen LogP contribution in [0.2, 0.25) is 0 Å².